The Morgan fingerprint density at radius 3 is 2.75 bits per heavy atom. The maximum absolute atomic E-state index is 11.0. The Morgan fingerprint density at radius 1 is 1.67 bits per heavy atom. The molecule has 5 nitrogen and oxygen atoms in total. The lowest BCUT2D eigenvalue weighted by Crippen LogP contribution is -2.50. The zero-order valence-corrected chi connectivity index (χ0v) is 7.88. The predicted octanol–water partition coefficient (Wildman–Crippen LogP) is -0.699. The highest BCUT2D eigenvalue weighted by Gasteiger charge is 2.28. The van der Waals surface area contributed by atoms with Crippen LogP contribution in [0.25, 0.3) is 0 Å². The molecule has 0 aromatic heterocycles. The van der Waals surface area contributed by atoms with E-state index in [2.05, 4.69) is 0 Å². The molecule has 1 rings (SSSR count). The van der Waals surface area contributed by atoms with Crippen molar-refractivity contribution in [2.24, 2.45) is 5.14 Å². The van der Waals surface area contributed by atoms with Gasteiger partial charge in [-0.15, -0.1) is 0 Å². The first kappa shape index (κ1) is 9.91. The Labute approximate surface area is 72.7 Å². The third-order valence-corrected chi connectivity index (χ3v) is 3.11. The maximum atomic E-state index is 11.0. The molecule has 1 saturated heterocycles. The number of morpholine rings is 1. The van der Waals surface area contributed by atoms with Crippen LogP contribution in [0.5, 0.6) is 0 Å². The molecule has 0 spiro atoms. The SMILES string of the molecule is CCC1COCCN1S(N)(=O)=O. The first-order chi connectivity index (χ1) is 5.55. The van der Waals surface area contributed by atoms with Gasteiger partial charge in [-0.2, -0.15) is 12.7 Å². The smallest absolute Gasteiger partial charge is 0.277 e. The molecule has 1 aliphatic heterocycles. The third kappa shape index (κ3) is 2.16. The molecule has 0 radical (unpaired) electrons. The lowest BCUT2D eigenvalue weighted by Gasteiger charge is -2.32. The minimum Gasteiger partial charge on any atom is -0.378 e. The molecule has 0 aliphatic carbocycles. The quantitative estimate of drug-likeness (QED) is 0.632. The highest BCUT2D eigenvalue weighted by molar-refractivity contribution is 7.86. The van der Waals surface area contributed by atoms with Crippen LogP contribution < -0.4 is 5.14 Å². The molecule has 2 N–H and O–H groups in total. The van der Waals surface area contributed by atoms with Crippen molar-refractivity contribution in [1.29, 1.82) is 0 Å². The van der Waals surface area contributed by atoms with E-state index in [-0.39, 0.29) is 6.04 Å². The minimum absolute atomic E-state index is 0.0891. The Morgan fingerprint density at radius 2 is 2.33 bits per heavy atom. The van der Waals surface area contributed by atoms with Crippen LogP contribution >= 0.6 is 0 Å². The van der Waals surface area contributed by atoms with Gasteiger partial charge in [0.25, 0.3) is 10.2 Å². The van der Waals surface area contributed by atoms with Crippen molar-refractivity contribution in [3.8, 4) is 0 Å². The third-order valence-electron chi connectivity index (χ3n) is 1.97. The van der Waals surface area contributed by atoms with Crippen molar-refractivity contribution in [2.45, 2.75) is 19.4 Å². The maximum Gasteiger partial charge on any atom is 0.277 e. The monoisotopic (exact) mass is 194 g/mol. The Hall–Kier alpha value is -0.170. The van der Waals surface area contributed by atoms with Crippen LogP contribution in [0.1, 0.15) is 13.3 Å². The van der Waals surface area contributed by atoms with Gasteiger partial charge in [0.15, 0.2) is 0 Å². The van der Waals surface area contributed by atoms with Crippen molar-refractivity contribution >= 4 is 10.2 Å². The number of ether oxygens (including phenoxy) is 1. The molecule has 1 unspecified atom stereocenters. The molecule has 12 heavy (non-hydrogen) atoms. The van der Waals surface area contributed by atoms with E-state index in [1.54, 1.807) is 0 Å². The van der Waals surface area contributed by atoms with Crippen molar-refractivity contribution in [1.82, 2.24) is 4.31 Å². The fourth-order valence-electron chi connectivity index (χ4n) is 1.30. The molecule has 1 heterocycles. The number of nitrogens with two attached hydrogens (primary N) is 1. The minimum atomic E-state index is -3.53. The standard InChI is InChI=1S/C6H14N2O3S/c1-2-6-5-11-4-3-8(6)12(7,9)10/h6H,2-5H2,1H3,(H2,7,9,10). The van der Waals surface area contributed by atoms with Gasteiger partial charge in [-0.1, -0.05) is 6.92 Å². The number of rotatable bonds is 2. The molecule has 0 aromatic rings. The zero-order chi connectivity index (χ0) is 9.19. The molecule has 0 aromatic carbocycles. The molecular weight excluding hydrogens is 180 g/mol. The van der Waals surface area contributed by atoms with Crippen LogP contribution in [0, 0.1) is 0 Å². The fourth-order valence-corrected chi connectivity index (χ4v) is 2.25. The zero-order valence-electron chi connectivity index (χ0n) is 7.06. The molecule has 0 amide bonds. The summed E-state index contributed by atoms with van der Waals surface area (Å²) in [6.07, 6.45) is 0.733. The first-order valence-corrected chi connectivity index (χ1v) is 5.43. The number of nitrogens with zero attached hydrogens (tertiary/aromatic N) is 1. The summed E-state index contributed by atoms with van der Waals surface area (Å²) in [6, 6.07) is -0.0891. The van der Waals surface area contributed by atoms with Crippen LogP contribution in [0.4, 0.5) is 0 Å². The highest BCUT2D eigenvalue weighted by Crippen LogP contribution is 2.11. The van der Waals surface area contributed by atoms with Crippen LogP contribution in [-0.2, 0) is 14.9 Å². The highest BCUT2D eigenvalue weighted by atomic mass is 32.2. The molecule has 1 fully saturated rings. The summed E-state index contributed by atoms with van der Waals surface area (Å²) in [7, 11) is -3.53. The molecule has 0 saturated carbocycles. The predicted molar refractivity (Wildman–Crippen MR) is 44.7 cm³/mol. The van der Waals surface area contributed by atoms with E-state index >= 15 is 0 Å². The van der Waals surface area contributed by atoms with E-state index in [4.69, 9.17) is 9.88 Å². The second-order valence-corrected chi connectivity index (χ2v) is 4.29. The average molecular weight is 194 g/mol. The van der Waals surface area contributed by atoms with Crippen molar-refractivity contribution in [3.63, 3.8) is 0 Å². The molecule has 72 valence electrons. The summed E-state index contributed by atoms with van der Waals surface area (Å²) in [4.78, 5) is 0. The van der Waals surface area contributed by atoms with Gasteiger partial charge in [0, 0.05) is 12.6 Å². The summed E-state index contributed by atoms with van der Waals surface area (Å²) in [5.41, 5.74) is 0. The van der Waals surface area contributed by atoms with Gasteiger partial charge in [-0.05, 0) is 6.42 Å². The largest absolute Gasteiger partial charge is 0.378 e. The van der Waals surface area contributed by atoms with Gasteiger partial charge >= 0.3 is 0 Å². The summed E-state index contributed by atoms with van der Waals surface area (Å²) in [6.45, 7) is 3.18. The Bertz CT molecular complexity index is 239. The van der Waals surface area contributed by atoms with Crippen LogP contribution in [-0.4, -0.2) is 38.5 Å². The fraction of sp³-hybridized carbons (Fsp3) is 1.00. The summed E-state index contributed by atoms with van der Waals surface area (Å²) >= 11 is 0. The second-order valence-electron chi connectivity index (χ2n) is 2.79. The van der Waals surface area contributed by atoms with Crippen LogP contribution in [0.15, 0.2) is 0 Å². The van der Waals surface area contributed by atoms with E-state index in [0.29, 0.717) is 19.8 Å². The molecule has 1 atom stereocenters. The van der Waals surface area contributed by atoms with Crippen molar-refractivity contribution in [2.75, 3.05) is 19.8 Å². The molecule has 1 aliphatic rings. The Kier molecular flexibility index (Phi) is 3.05. The summed E-state index contributed by atoms with van der Waals surface area (Å²) in [5, 5.41) is 5.02. The van der Waals surface area contributed by atoms with Gasteiger partial charge in [0.1, 0.15) is 0 Å². The normalized spacial score (nSPS) is 27.3. The molecule has 6 heteroatoms. The van der Waals surface area contributed by atoms with Crippen molar-refractivity contribution < 1.29 is 13.2 Å². The topological polar surface area (TPSA) is 72.6 Å². The lowest BCUT2D eigenvalue weighted by molar-refractivity contribution is 0.0314. The van der Waals surface area contributed by atoms with Gasteiger partial charge in [0.05, 0.1) is 13.2 Å². The van der Waals surface area contributed by atoms with Gasteiger partial charge in [-0.25, -0.2) is 5.14 Å². The average Bonchev–Trinajstić information content (AvgIpc) is 2.03. The van der Waals surface area contributed by atoms with Crippen molar-refractivity contribution in [3.05, 3.63) is 0 Å². The first-order valence-electron chi connectivity index (χ1n) is 3.93. The second kappa shape index (κ2) is 3.69. The lowest BCUT2D eigenvalue weighted by atomic mass is 10.2. The number of hydrogen-bond acceptors (Lipinski definition) is 3. The van der Waals surface area contributed by atoms with Gasteiger partial charge in [0.2, 0.25) is 0 Å². The summed E-state index contributed by atoms with van der Waals surface area (Å²) < 4.78 is 28.4. The molecule has 0 bridgehead atoms. The Balaban J connectivity index is 2.72. The van der Waals surface area contributed by atoms with E-state index in [1.165, 1.54) is 4.31 Å². The van der Waals surface area contributed by atoms with Gasteiger partial charge in [-0.3, -0.25) is 0 Å². The van der Waals surface area contributed by atoms with Crippen LogP contribution in [0.2, 0.25) is 0 Å². The van der Waals surface area contributed by atoms with Gasteiger partial charge < -0.3 is 4.74 Å². The van der Waals surface area contributed by atoms with Crippen LogP contribution in [0.3, 0.4) is 0 Å². The van der Waals surface area contributed by atoms with E-state index in [0.717, 1.165) is 6.42 Å². The van der Waals surface area contributed by atoms with E-state index < -0.39 is 10.2 Å². The molecular formula is C6H14N2O3S. The summed E-state index contributed by atoms with van der Waals surface area (Å²) in [5.74, 6) is 0. The number of hydrogen-bond donors (Lipinski definition) is 1. The van der Waals surface area contributed by atoms with E-state index in [9.17, 15) is 8.42 Å². The van der Waals surface area contributed by atoms with E-state index in [1.807, 2.05) is 6.92 Å².